The van der Waals surface area contributed by atoms with Gasteiger partial charge in [0.05, 0.1) is 18.8 Å². The number of carbonyl (C=O) groups excluding carboxylic acids is 1. The summed E-state index contributed by atoms with van der Waals surface area (Å²) in [4.78, 5) is 15.4. The Hall–Kier alpha value is -3.28. The zero-order valence-corrected chi connectivity index (χ0v) is 19.4. The summed E-state index contributed by atoms with van der Waals surface area (Å²) in [5.41, 5.74) is 5.08. The van der Waals surface area contributed by atoms with Crippen LogP contribution in [0.5, 0.6) is 5.75 Å². The molecule has 1 atom stereocenters. The van der Waals surface area contributed by atoms with Crippen LogP contribution in [0.1, 0.15) is 33.2 Å². The average molecular weight is 478 g/mol. The molecule has 0 radical (unpaired) electrons. The van der Waals surface area contributed by atoms with Crippen molar-refractivity contribution in [2.45, 2.75) is 12.5 Å². The third-order valence-corrected chi connectivity index (χ3v) is 6.43. The summed E-state index contributed by atoms with van der Waals surface area (Å²) < 4.78 is 5.25. The fraction of sp³-hybridized carbons (Fsp3) is 0.154. The predicted molar refractivity (Wildman–Crippen MR) is 130 cm³/mol. The van der Waals surface area contributed by atoms with Crippen LogP contribution in [-0.2, 0) is 6.42 Å². The molecule has 1 amide bonds. The first kappa shape index (κ1) is 21.6. The Morgan fingerprint density at radius 3 is 2.45 bits per heavy atom. The smallest absolute Gasteiger partial charge is 0.273 e. The lowest BCUT2D eigenvalue weighted by Crippen LogP contribution is -2.31. The molecule has 0 fully saturated rings. The molecular formula is C26H21Cl2N3O2. The van der Waals surface area contributed by atoms with Gasteiger partial charge in [-0.3, -0.25) is 9.89 Å². The second-order valence-corrected chi connectivity index (χ2v) is 8.79. The molecule has 7 heteroatoms. The number of H-pyrrole nitrogens is 1. The summed E-state index contributed by atoms with van der Waals surface area (Å²) in [5, 5.41) is 8.75. The van der Waals surface area contributed by atoms with Crippen molar-refractivity contribution in [3.05, 3.63) is 105 Å². The first-order valence-electron chi connectivity index (χ1n) is 10.6. The highest BCUT2D eigenvalue weighted by atomic mass is 35.5. The number of rotatable bonds is 6. The van der Waals surface area contributed by atoms with Crippen LogP contribution in [0.2, 0.25) is 10.0 Å². The second-order valence-electron chi connectivity index (χ2n) is 7.92. The van der Waals surface area contributed by atoms with Crippen molar-refractivity contribution in [1.82, 2.24) is 15.1 Å². The molecule has 2 heterocycles. The molecule has 166 valence electrons. The molecule has 4 aromatic rings. The van der Waals surface area contributed by atoms with Gasteiger partial charge in [0, 0.05) is 27.7 Å². The minimum Gasteiger partial charge on any atom is -0.497 e. The van der Waals surface area contributed by atoms with Crippen LogP contribution in [0.15, 0.2) is 72.8 Å². The number of benzene rings is 3. The first-order chi connectivity index (χ1) is 16.0. The van der Waals surface area contributed by atoms with Crippen LogP contribution in [0.3, 0.4) is 0 Å². The molecule has 1 aliphatic rings. The van der Waals surface area contributed by atoms with Crippen LogP contribution in [0, 0.1) is 0 Å². The normalized spacial score (nSPS) is 15.1. The molecule has 1 aromatic heterocycles. The Kier molecular flexibility index (Phi) is 5.83. The zero-order valence-electron chi connectivity index (χ0n) is 17.9. The van der Waals surface area contributed by atoms with E-state index in [1.807, 2.05) is 77.7 Å². The topological polar surface area (TPSA) is 58.2 Å². The Labute approximate surface area is 201 Å². The van der Waals surface area contributed by atoms with Crippen molar-refractivity contribution in [3.8, 4) is 17.0 Å². The van der Waals surface area contributed by atoms with E-state index in [0.29, 0.717) is 28.7 Å². The maximum absolute atomic E-state index is 13.5. The number of hydrogen-bond acceptors (Lipinski definition) is 3. The quantitative estimate of drug-likeness (QED) is 0.360. The number of ether oxygens (including phenoxy) is 1. The number of nitrogens with one attached hydrogen (secondary N) is 1. The fourth-order valence-corrected chi connectivity index (χ4v) is 4.64. The number of carbonyl (C=O) groups is 1. The Morgan fingerprint density at radius 1 is 1.00 bits per heavy atom. The summed E-state index contributed by atoms with van der Waals surface area (Å²) in [6.45, 7) is 0.547. The molecule has 0 aliphatic carbocycles. The van der Waals surface area contributed by atoms with E-state index in [-0.39, 0.29) is 11.9 Å². The SMILES string of the molecule is COc1ccc(CCN2C(=O)c3[nH]nc(-c4ccc(Cl)cc4)c3C2c2cccc(Cl)c2)cc1. The van der Waals surface area contributed by atoms with E-state index >= 15 is 0 Å². The van der Waals surface area contributed by atoms with E-state index in [2.05, 4.69) is 10.2 Å². The summed E-state index contributed by atoms with van der Waals surface area (Å²) in [6.07, 6.45) is 0.709. The number of aromatic amines is 1. The van der Waals surface area contributed by atoms with Crippen LogP contribution >= 0.6 is 23.2 Å². The fourth-order valence-electron chi connectivity index (χ4n) is 4.32. The lowest BCUT2D eigenvalue weighted by atomic mass is 9.96. The van der Waals surface area contributed by atoms with Crippen LogP contribution in [0.25, 0.3) is 11.3 Å². The van der Waals surface area contributed by atoms with Gasteiger partial charge >= 0.3 is 0 Å². The lowest BCUT2D eigenvalue weighted by molar-refractivity contribution is 0.0746. The van der Waals surface area contributed by atoms with Gasteiger partial charge in [-0.05, 0) is 53.9 Å². The summed E-state index contributed by atoms with van der Waals surface area (Å²) in [7, 11) is 1.65. The first-order valence-corrected chi connectivity index (χ1v) is 11.3. The lowest BCUT2D eigenvalue weighted by Gasteiger charge is -2.26. The molecule has 3 aromatic carbocycles. The molecule has 5 rings (SSSR count). The van der Waals surface area contributed by atoms with Crippen molar-refractivity contribution < 1.29 is 9.53 Å². The van der Waals surface area contributed by atoms with E-state index in [1.165, 1.54) is 0 Å². The standard InChI is InChI=1S/C26H21Cl2N3O2/c1-33-21-11-5-16(6-12-21)13-14-31-25(18-3-2-4-20(28)15-18)22-23(29-30-24(22)26(31)32)17-7-9-19(27)10-8-17/h2-12,15,25H,13-14H2,1H3,(H,29,30). The predicted octanol–water partition coefficient (Wildman–Crippen LogP) is 6.18. The minimum atomic E-state index is -0.297. The van der Waals surface area contributed by atoms with Crippen LogP contribution in [0.4, 0.5) is 0 Å². The number of halogens is 2. The molecule has 5 nitrogen and oxygen atoms in total. The van der Waals surface area contributed by atoms with Crippen molar-refractivity contribution in [3.63, 3.8) is 0 Å². The molecular weight excluding hydrogens is 457 g/mol. The van der Waals surface area contributed by atoms with E-state index < -0.39 is 0 Å². The third-order valence-electron chi connectivity index (χ3n) is 5.95. The van der Waals surface area contributed by atoms with Gasteiger partial charge in [-0.25, -0.2) is 0 Å². The second kappa shape index (κ2) is 8.93. The van der Waals surface area contributed by atoms with Crippen molar-refractivity contribution in [1.29, 1.82) is 0 Å². The van der Waals surface area contributed by atoms with Gasteiger partial charge in [-0.2, -0.15) is 5.10 Å². The zero-order chi connectivity index (χ0) is 22.9. The van der Waals surface area contributed by atoms with Gasteiger partial charge in [0.2, 0.25) is 0 Å². The van der Waals surface area contributed by atoms with Gasteiger partial charge in [-0.15, -0.1) is 0 Å². The number of amides is 1. The van der Waals surface area contributed by atoms with Gasteiger partial charge in [-0.1, -0.05) is 59.6 Å². The molecule has 0 saturated carbocycles. The van der Waals surface area contributed by atoms with E-state index in [0.717, 1.165) is 33.7 Å². The highest BCUT2D eigenvalue weighted by Crippen LogP contribution is 2.43. The number of methoxy groups -OCH3 is 1. The monoisotopic (exact) mass is 477 g/mol. The van der Waals surface area contributed by atoms with Crippen LogP contribution < -0.4 is 4.74 Å². The summed E-state index contributed by atoms with van der Waals surface area (Å²) in [6, 6.07) is 22.7. The van der Waals surface area contributed by atoms with E-state index in [9.17, 15) is 4.79 Å². The molecule has 1 N–H and O–H groups in total. The molecule has 33 heavy (non-hydrogen) atoms. The summed E-state index contributed by atoms with van der Waals surface area (Å²) >= 11 is 12.4. The molecule has 1 aliphatic heterocycles. The number of nitrogens with zero attached hydrogens (tertiary/aromatic N) is 2. The number of hydrogen-bond donors (Lipinski definition) is 1. The number of aromatic nitrogens is 2. The van der Waals surface area contributed by atoms with Gasteiger partial charge < -0.3 is 9.64 Å². The Bertz CT molecular complexity index is 1300. The van der Waals surface area contributed by atoms with Crippen molar-refractivity contribution in [2.75, 3.05) is 13.7 Å². The summed E-state index contributed by atoms with van der Waals surface area (Å²) in [5.74, 6) is 0.734. The minimum absolute atomic E-state index is 0.0730. The maximum Gasteiger partial charge on any atom is 0.273 e. The largest absolute Gasteiger partial charge is 0.497 e. The van der Waals surface area contributed by atoms with Crippen LogP contribution in [-0.4, -0.2) is 34.7 Å². The third kappa shape index (κ3) is 4.10. The highest BCUT2D eigenvalue weighted by Gasteiger charge is 2.41. The average Bonchev–Trinajstić information content (AvgIpc) is 3.37. The highest BCUT2D eigenvalue weighted by molar-refractivity contribution is 6.31. The Morgan fingerprint density at radius 2 is 1.76 bits per heavy atom. The number of fused-ring (bicyclic) bond motifs is 1. The molecule has 0 spiro atoms. The molecule has 1 unspecified atom stereocenters. The maximum atomic E-state index is 13.5. The van der Waals surface area contributed by atoms with E-state index in [1.54, 1.807) is 7.11 Å². The van der Waals surface area contributed by atoms with Gasteiger partial charge in [0.25, 0.3) is 5.91 Å². The van der Waals surface area contributed by atoms with Gasteiger partial charge in [0.1, 0.15) is 11.4 Å². The van der Waals surface area contributed by atoms with Crippen molar-refractivity contribution >= 4 is 29.1 Å². The van der Waals surface area contributed by atoms with Crippen molar-refractivity contribution in [2.24, 2.45) is 0 Å². The van der Waals surface area contributed by atoms with Gasteiger partial charge in [0.15, 0.2) is 0 Å². The molecule has 0 bridgehead atoms. The Balaban J connectivity index is 1.53. The van der Waals surface area contributed by atoms with E-state index in [4.69, 9.17) is 27.9 Å². The molecule has 0 saturated heterocycles.